The van der Waals surface area contributed by atoms with Gasteiger partial charge in [-0.25, -0.2) is 9.97 Å². The van der Waals surface area contributed by atoms with Gasteiger partial charge < -0.3 is 9.79 Å². The van der Waals surface area contributed by atoms with Gasteiger partial charge >= 0.3 is 42.8 Å². The van der Waals surface area contributed by atoms with Crippen LogP contribution in [0.2, 0.25) is 0 Å². The summed E-state index contributed by atoms with van der Waals surface area (Å²) in [7, 11) is 6.77. The van der Waals surface area contributed by atoms with Gasteiger partial charge in [-0.05, 0) is 6.07 Å². The monoisotopic (exact) mass is 296 g/mol. The van der Waals surface area contributed by atoms with E-state index in [1.807, 2.05) is 0 Å². The number of rotatable bonds is 0. The Morgan fingerprint density at radius 3 is 1.62 bits per heavy atom. The van der Waals surface area contributed by atoms with Crippen molar-refractivity contribution in [3.8, 4) is 0 Å². The Kier molecular flexibility index (Phi) is 18.2. The van der Waals surface area contributed by atoms with Gasteiger partial charge in [0.05, 0.1) is 0 Å². The Morgan fingerprint density at radius 1 is 1.23 bits per heavy atom. The summed E-state index contributed by atoms with van der Waals surface area (Å²) in [6, 6.07) is 1.78. The first-order valence-electron chi connectivity index (χ1n) is 2.89. The van der Waals surface area contributed by atoms with E-state index in [1.54, 1.807) is 18.5 Å². The van der Waals surface area contributed by atoms with Gasteiger partial charge in [0.25, 0.3) is 0 Å². The second kappa shape index (κ2) is 14.9. The van der Waals surface area contributed by atoms with E-state index in [0.717, 1.165) is 0 Å². The van der Waals surface area contributed by atoms with Crippen molar-refractivity contribution in [2.75, 3.05) is 0 Å². The van der Waals surface area contributed by atoms with E-state index in [2.05, 4.69) is 9.97 Å². The van der Waals surface area contributed by atoms with E-state index >= 15 is 0 Å². The number of aromatic nitrogens is 2. The van der Waals surface area contributed by atoms with E-state index in [4.69, 9.17) is 33.7 Å². The van der Waals surface area contributed by atoms with Gasteiger partial charge in [0.1, 0.15) is 6.33 Å². The maximum Gasteiger partial charge on any atom is 0.115 e. The van der Waals surface area contributed by atoms with Crippen LogP contribution >= 0.6 is 27.6 Å². The molecule has 0 aliphatic rings. The molecule has 5 nitrogen and oxygen atoms in total. The quantitative estimate of drug-likeness (QED) is 0.556. The minimum absolute atomic E-state index is 0.931. The SMILES string of the molecule is O=[PH](O)O.[Cl][Zn][Cl].c1cncnc1. The third-order valence-corrected chi connectivity index (χ3v) is 0.478. The Bertz CT molecular complexity index is 175. The van der Waals surface area contributed by atoms with Gasteiger partial charge in [0.15, 0.2) is 0 Å². The topological polar surface area (TPSA) is 83.3 Å². The molecule has 72 valence electrons. The van der Waals surface area contributed by atoms with E-state index in [-0.39, 0.29) is 0 Å². The molecule has 0 atom stereocenters. The van der Waals surface area contributed by atoms with E-state index < -0.39 is 23.4 Å². The van der Waals surface area contributed by atoms with Crippen LogP contribution < -0.4 is 0 Å². The summed E-state index contributed by atoms with van der Waals surface area (Å²) in [5.74, 6) is 0. The predicted molar refractivity (Wildman–Crippen MR) is 47.2 cm³/mol. The average molecular weight is 298 g/mol. The third kappa shape index (κ3) is 32.7. The van der Waals surface area contributed by atoms with Crippen molar-refractivity contribution in [2.24, 2.45) is 0 Å². The Balaban J connectivity index is 0. The molecule has 0 aliphatic carbocycles. The summed E-state index contributed by atoms with van der Waals surface area (Å²) >= 11 is -0.931. The molecule has 0 saturated heterocycles. The van der Waals surface area contributed by atoms with Gasteiger partial charge in [-0.2, -0.15) is 0 Å². The molecule has 0 aromatic carbocycles. The number of hydrogen-bond acceptors (Lipinski definition) is 3. The first kappa shape index (κ1) is 15.9. The number of halogens is 2. The molecule has 0 radical (unpaired) electrons. The Labute approximate surface area is 91.8 Å². The number of hydrogen-bond donors (Lipinski definition) is 2. The standard InChI is InChI=1S/C4H4N2.2ClH.H3O3P.Zn/c1-2-5-4-6-3-1;;;1-4(2)3;/h1-4H;2*1H;4H,(H2,1,2,3);/q;;;;+2/p-2. The molecule has 0 saturated carbocycles. The second-order valence-corrected chi connectivity index (χ2v) is 6.48. The van der Waals surface area contributed by atoms with E-state index in [0.29, 0.717) is 0 Å². The van der Waals surface area contributed by atoms with Gasteiger partial charge in [0, 0.05) is 12.4 Å². The van der Waals surface area contributed by atoms with Crippen molar-refractivity contribution in [2.45, 2.75) is 0 Å². The average Bonchev–Trinajstić information content (AvgIpc) is 2.08. The van der Waals surface area contributed by atoms with Gasteiger partial charge in [-0.1, -0.05) is 0 Å². The molecule has 1 aromatic rings. The fourth-order valence-electron chi connectivity index (χ4n) is 0.253. The molecule has 1 rings (SSSR count). The molecule has 0 spiro atoms. The van der Waals surface area contributed by atoms with Crippen molar-refractivity contribution in [3.05, 3.63) is 24.8 Å². The Hall–Kier alpha value is 0.433. The van der Waals surface area contributed by atoms with Crippen LogP contribution in [0.15, 0.2) is 24.8 Å². The maximum absolute atomic E-state index is 8.74. The van der Waals surface area contributed by atoms with Crippen LogP contribution in [-0.4, -0.2) is 19.8 Å². The second-order valence-electron chi connectivity index (χ2n) is 1.29. The first-order chi connectivity index (χ1) is 6.15. The zero-order valence-electron chi connectivity index (χ0n) is 6.47. The predicted octanol–water partition coefficient (Wildman–Crippen LogP) is 1.21. The van der Waals surface area contributed by atoms with Crippen molar-refractivity contribution in [3.63, 3.8) is 0 Å². The fraction of sp³-hybridized carbons (Fsp3) is 0. The summed E-state index contributed by atoms with van der Waals surface area (Å²) in [5, 5.41) is 0. The summed E-state index contributed by atoms with van der Waals surface area (Å²) in [4.78, 5) is 21.7. The van der Waals surface area contributed by atoms with Crippen LogP contribution in [0.4, 0.5) is 0 Å². The van der Waals surface area contributed by atoms with Crippen molar-refractivity contribution >= 4 is 27.6 Å². The fourth-order valence-corrected chi connectivity index (χ4v) is 0.253. The molecule has 0 fully saturated rings. The number of nitrogens with zero attached hydrogens (tertiary/aromatic N) is 2. The van der Waals surface area contributed by atoms with Crippen LogP contribution in [0.3, 0.4) is 0 Å². The molecule has 9 heteroatoms. The molecule has 1 heterocycles. The third-order valence-electron chi connectivity index (χ3n) is 0.478. The molecule has 0 amide bonds. The molecule has 0 bridgehead atoms. The van der Waals surface area contributed by atoms with Crippen LogP contribution in [0.5, 0.6) is 0 Å². The zero-order chi connectivity index (χ0) is 10.5. The van der Waals surface area contributed by atoms with Crippen LogP contribution in [-0.2, 0) is 19.7 Å². The molecule has 2 N–H and O–H groups in total. The molecular weight excluding hydrogens is 291 g/mol. The van der Waals surface area contributed by atoms with E-state index in [1.165, 1.54) is 6.33 Å². The van der Waals surface area contributed by atoms with Crippen LogP contribution in [0.1, 0.15) is 0 Å². The summed E-state index contributed by atoms with van der Waals surface area (Å²) in [6.07, 6.45) is 4.88. The molecule has 1 aromatic heterocycles. The molecule has 13 heavy (non-hydrogen) atoms. The molecule has 0 unspecified atom stereocenters. The summed E-state index contributed by atoms with van der Waals surface area (Å²) in [5.41, 5.74) is 0. The van der Waals surface area contributed by atoms with Gasteiger partial charge in [0.2, 0.25) is 0 Å². The van der Waals surface area contributed by atoms with Gasteiger partial charge in [-0.3, -0.25) is 4.57 Å². The Morgan fingerprint density at radius 2 is 1.54 bits per heavy atom. The van der Waals surface area contributed by atoms with Crippen molar-refractivity contribution < 1.29 is 29.5 Å². The summed E-state index contributed by atoms with van der Waals surface area (Å²) in [6.45, 7) is 0. The molecule has 0 aliphatic heterocycles. The maximum atomic E-state index is 8.74. The largest absolute Gasteiger partial charge is 0.245 e. The van der Waals surface area contributed by atoms with Crippen LogP contribution in [0, 0.1) is 0 Å². The smallest absolute Gasteiger partial charge is 0.115 e. The van der Waals surface area contributed by atoms with Crippen molar-refractivity contribution in [1.82, 2.24) is 9.97 Å². The van der Waals surface area contributed by atoms with Gasteiger partial charge in [-0.15, -0.1) is 0 Å². The normalized spacial score (nSPS) is 7.15. The van der Waals surface area contributed by atoms with Crippen molar-refractivity contribution in [1.29, 1.82) is 0 Å². The minimum atomic E-state index is -3.13. The first-order valence-corrected chi connectivity index (χ1v) is 12.0. The minimum Gasteiger partial charge on any atom is -0.245 e. The van der Waals surface area contributed by atoms with Crippen LogP contribution in [0.25, 0.3) is 0 Å². The summed E-state index contributed by atoms with van der Waals surface area (Å²) < 4.78 is 8.74. The van der Waals surface area contributed by atoms with E-state index in [9.17, 15) is 0 Å². The zero-order valence-corrected chi connectivity index (χ0v) is 11.9. The molecular formula is C4H7Cl2N2O3PZn.